The molecule has 3 nitrogen and oxygen atoms in total. The number of aromatic nitrogens is 1. The van der Waals surface area contributed by atoms with E-state index in [-0.39, 0.29) is 6.61 Å². The van der Waals surface area contributed by atoms with E-state index < -0.39 is 0 Å². The molecular weight excluding hydrogens is 326 g/mol. The molecule has 0 aliphatic heterocycles. The molecule has 0 aliphatic rings. The molecular formula is C11H9BrClNO2S. The normalized spacial score (nSPS) is 10.6. The molecule has 1 heterocycles. The maximum Gasteiger partial charge on any atom is 0.280 e. The number of nitrogens with zero attached hydrogens (tertiary/aromatic N) is 1. The van der Waals surface area contributed by atoms with Gasteiger partial charge in [0.15, 0.2) is 0 Å². The summed E-state index contributed by atoms with van der Waals surface area (Å²) in [6.45, 7) is 1.82. The van der Waals surface area contributed by atoms with Gasteiger partial charge in [0.1, 0.15) is 10.9 Å². The van der Waals surface area contributed by atoms with Crippen LogP contribution in [0.1, 0.15) is 10.4 Å². The van der Waals surface area contributed by atoms with E-state index in [1.165, 1.54) is 11.3 Å². The second-order valence-corrected chi connectivity index (χ2v) is 5.68. The highest BCUT2D eigenvalue weighted by molar-refractivity contribution is 9.10. The van der Waals surface area contributed by atoms with E-state index >= 15 is 0 Å². The Morgan fingerprint density at radius 1 is 1.53 bits per heavy atom. The van der Waals surface area contributed by atoms with Gasteiger partial charge >= 0.3 is 0 Å². The Balaban J connectivity index is 2.25. The van der Waals surface area contributed by atoms with Crippen molar-refractivity contribution < 1.29 is 9.84 Å². The summed E-state index contributed by atoms with van der Waals surface area (Å²) in [5.41, 5.74) is 0.997. The number of aryl methyl sites for hydroxylation is 1. The van der Waals surface area contributed by atoms with Crippen molar-refractivity contribution in [3.8, 4) is 10.9 Å². The number of hydrogen-bond acceptors (Lipinski definition) is 4. The van der Waals surface area contributed by atoms with Gasteiger partial charge in [0.05, 0.1) is 11.5 Å². The standard InChI is InChI=1S/C11H9BrClNO2S/c1-6-4-7(12)2-3-8(6)16-11-14-10(13)9(5-15)17-11/h2-4,15H,5H2,1H3. The largest absolute Gasteiger partial charge is 0.431 e. The van der Waals surface area contributed by atoms with Crippen LogP contribution in [0.2, 0.25) is 5.15 Å². The van der Waals surface area contributed by atoms with Gasteiger partial charge in [0, 0.05) is 4.47 Å². The number of rotatable bonds is 3. The Kier molecular flexibility index (Phi) is 4.04. The average molecular weight is 335 g/mol. The molecule has 0 unspecified atom stereocenters. The van der Waals surface area contributed by atoms with Crippen LogP contribution in [0.15, 0.2) is 22.7 Å². The van der Waals surface area contributed by atoms with E-state index in [1.807, 2.05) is 25.1 Å². The number of aliphatic hydroxyl groups excluding tert-OH is 1. The van der Waals surface area contributed by atoms with Crippen LogP contribution in [0.25, 0.3) is 0 Å². The van der Waals surface area contributed by atoms with Gasteiger partial charge in [-0.05, 0) is 30.7 Å². The first-order chi connectivity index (χ1) is 8.10. The fraction of sp³-hybridized carbons (Fsp3) is 0.182. The Labute approximate surface area is 116 Å². The quantitative estimate of drug-likeness (QED) is 0.917. The zero-order valence-electron chi connectivity index (χ0n) is 8.91. The zero-order chi connectivity index (χ0) is 12.4. The first kappa shape index (κ1) is 12.8. The van der Waals surface area contributed by atoms with E-state index in [0.29, 0.717) is 15.2 Å². The topological polar surface area (TPSA) is 42.4 Å². The molecule has 1 aromatic carbocycles. The summed E-state index contributed by atoms with van der Waals surface area (Å²) in [5.74, 6) is 0.725. The molecule has 1 N–H and O–H groups in total. The van der Waals surface area contributed by atoms with Crippen LogP contribution in [0.4, 0.5) is 0 Å². The van der Waals surface area contributed by atoms with Crippen molar-refractivity contribution in [2.75, 3.05) is 0 Å². The van der Waals surface area contributed by atoms with Crippen molar-refractivity contribution in [1.82, 2.24) is 4.98 Å². The molecule has 0 atom stereocenters. The van der Waals surface area contributed by atoms with Crippen LogP contribution < -0.4 is 4.74 Å². The molecule has 1 aromatic heterocycles. The van der Waals surface area contributed by atoms with Crippen LogP contribution in [-0.2, 0) is 6.61 Å². The van der Waals surface area contributed by atoms with Gasteiger partial charge in [-0.3, -0.25) is 0 Å². The fourth-order valence-electron chi connectivity index (χ4n) is 1.28. The fourth-order valence-corrected chi connectivity index (χ4v) is 2.73. The molecule has 0 radical (unpaired) electrons. The lowest BCUT2D eigenvalue weighted by atomic mass is 10.2. The summed E-state index contributed by atoms with van der Waals surface area (Å²) < 4.78 is 6.61. The SMILES string of the molecule is Cc1cc(Br)ccc1Oc1nc(Cl)c(CO)s1. The molecule has 2 aromatic rings. The van der Waals surface area contributed by atoms with E-state index in [9.17, 15) is 0 Å². The molecule has 0 spiro atoms. The van der Waals surface area contributed by atoms with Crippen molar-refractivity contribution in [3.63, 3.8) is 0 Å². The molecule has 0 fully saturated rings. The number of benzene rings is 1. The van der Waals surface area contributed by atoms with Gasteiger partial charge in [0.2, 0.25) is 0 Å². The van der Waals surface area contributed by atoms with Crippen molar-refractivity contribution in [1.29, 1.82) is 0 Å². The van der Waals surface area contributed by atoms with Crippen LogP contribution in [-0.4, -0.2) is 10.1 Å². The molecule has 0 aliphatic carbocycles. The summed E-state index contributed by atoms with van der Waals surface area (Å²) in [6.07, 6.45) is 0. The number of aliphatic hydroxyl groups is 1. The second kappa shape index (κ2) is 5.35. The van der Waals surface area contributed by atoms with Crippen molar-refractivity contribution >= 4 is 38.9 Å². The number of thiazole rings is 1. The monoisotopic (exact) mass is 333 g/mol. The third-order valence-corrected chi connectivity index (χ3v) is 3.94. The second-order valence-electron chi connectivity index (χ2n) is 3.36. The van der Waals surface area contributed by atoms with Gasteiger partial charge < -0.3 is 9.84 Å². The summed E-state index contributed by atoms with van der Waals surface area (Å²) >= 11 is 10.5. The Hall–Kier alpha value is -0.620. The molecule has 2 rings (SSSR count). The minimum Gasteiger partial charge on any atom is -0.431 e. The Morgan fingerprint density at radius 2 is 2.29 bits per heavy atom. The van der Waals surface area contributed by atoms with Gasteiger partial charge in [-0.15, -0.1) is 0 Å². The highest BCUT2D eigenvalue weighted by atomic mass is 79.9. The summed E-state index contributed by atoms with van der Waals surface area (Å²) in [5, 5.41) is 9.74. The maximum absolute atomic E-state index is 9.01. The van der Waals surface area contributed by atoms with E-state index in [0.717, 1.165) is 15.8 Å². The van der Waals surface area contributed by atoms with Crippen LogP contribution in [0, 0.1) is 6.92 Å². The highest BCUT2D eigenvalue weighted by Crippen LogP contribution is 2.33. The van der Waals surface area contributed by atoms with Crippen LogP contribution in [0.3, 0.4) is 0 Å². The summed E-state index contributed by atoms with van der Waals surface area (Å²) in [6, 6.07) is 5.70. The van der Waals surface area contributed by atoms with Gasteiger partial charge in [0.25, 0.3) is 5.19 Å². The van der Waals surface area contributed by atoms with Crippen molar-refractivity contribution in [2.45, 2.75) is 13.5 Å². The third-order valence-electron chi connectivity index (χ3n) is 2.11. The van der Waals surface area contributed by atoms with E-state index in [2.05, 4.69) is 20.9 Å². The number of hydrogen-bond donors (Lipinski definition) is 1. The predicted molar refractivity (Wildman–Crippen MR) is 72.0 cm³/mol. The van der Waals surface area contributed by atoms with Gasteiger partial charge in [-0.25, -0.2) is 0 Å². The maximum atomic E-state index is 9.01. The number of halogens is 2. The van der Waals surface area contributed by atoms with E-state index in [4.69, 9.17) is 21.4 Å². The molecule has 0 saturated heterocycles. The smallest absolute Gasteiger partial charge is 0.280 e. The molecule has 17 heavy (non-hydrogen) atoms. The van der Waals surface area contributed by atoms with Crippen molar-refractivity contribution in [2.24, 2.45) is 0 Å². The van der Waals surface area contributed by atoms with Gasteiger partial charge in [-0.1, -0.05) is 38.9 Å². The van der Waals surface area contributed by atoms with Crippen LogP contribution >= 0.6 is 38.9 Å². The zero-order valence-corrected chi connectivity index (χ0v) is 12.1. The first-order valence-corrected chi connectivity index (χ1v) is 6.79. The van der Waals surface area contributed by atoms with Gasteiger partial charge in [-0.2, -0.15) is 4.98 Å². The summed E-state index contributed by atoms with van der Waals surface area (Å²) in [4.78, 5) is 4.64. The highest BCUT2D eigenvalue weighted by Gasteiger charge is 2.11. The Morgan fingerprint density at radius 3 is 2.88 bits per heavy atom. The lowest BCUT2D eigenvalue weighted by molar-refractivity contribution is 0.285. The molecule has 0 amide bonds. The Bertz CT molecular complexity index is 544. The minimum atomic E-state index is -0.126. The first-order valence-electron chi connectivity index (χ1n) is 4.80. The predicted octanol–water partition coefficient (Wildman–Crippen LogP) is 4.15. The lowest BCUT2D eigenvalue weighted by Crippen LogP contribution is -1.86. The summed E-state index contributed by atoms with van der Waals surface area (Å²) in [7, 11) is 0. The third kappa shape index (κ3) is 2.98. The van der Waals surface area contributed by atoms with Crippen LogP contribution in [0.5, 0.6) is 10.9 Å². The minimum absolute atomic E-state index is 0.126. The van der Waals surface area contributed by atoms with E-state index in [1.54, 1.807) is 0 Å². The molecule has 0 bridgehead atoms. The molecule has 90 valence electrons. The molecule has 6 heteroatoms. The number of ether oxygens (including phenoxy) is 1. The van der Waals surface area contributed by atoms with Crippen molar-refractivity contribution in [3.05, 3.63) is 38.3 Å². The average Bonchev–Trinajstić information content (AvgIpc) is 2.63. The lowest BCUT2D eigenvalue weighted by Gasteiger charge is -2.05. The molecule has 0 saturated carbocycles.